The molecule has 19 heavy (non-hydrogen) atoms. The maximum absolute atomic E-state index is 13.8. The summed E-state index contributed by atoms with van der Waals surface area (Å²) in [6.45, 7) is 0. The SMILES string of the molecule is COc1ccc(C(=O)N(C)c2ccncc2)c(F)c1. The Hall–Kier alpha value is -2.43. The number of carbonyl (C=O) groups is 1. The zero-order valence-corrected chi connectivity index (χ0v) is 10.6. The first kappa shape index (κ1) is 13.0. The van der Waals surface area contributed by atoms with E-state index in [9.17, 15) is 9.18 Å². The van der Waals surface area contributed by atoms with Crippen molar-refractivity contribution >= 4 is 11.6 Å². The molecule has 0 atom stereocenters. The molecule has 1 aromatic heterocycles. The van der Waals surface area contributed by atoms with E-state index < -0.39 is 11.7 Å². The summed E-state index contributed by atoms with van der Waals surface area (Å²) in [5.41, 5.74) is 0.648. The molecule has 2 aromatic rings. The van der Waals surface area contributed by atoms with Gasteiger partial charge in [-0.3, -0.25) is 9.78 Å². The smallest absolute Gasteiger partial charge is 0.260 e. The molecule has 0 radical (unpaired) electrons. The predicted molar refractivity (Wildman–Crippen MR) is 69.9 cm³/mol. The van der Waals surface area contributed by atoms with Gasteiger partial charge in [0.15, 0.2) is 0 Å². The van der Waals surface area contributed by atoms with Crippen molar-refractivity contribution in [1.82, 2.24) is 4.98 Å². The highest BCUT2D eigenvalue weighted by Gasteiger charge is 2.17. The fourth-order valence-electron chi connectivity index (χ4n) is 1.66. The summed E-state index contributed by atoms with van der Waals surface area (Å²) in [5, 5.41) is 0. The lowest BCUT2D eigenvalue weighted by atomic mass is 10.1. The summed E-state index contributed by atoms with van der Waals surface area (Å²) < 4.78 is 18.7. The molecule has 0 saturated heterocycles. The Labute approximate surface area is 110 Å². The molecule has 0 aliphatic heterocycles. The Morgan fingerprint density at radius 1 is 1.26 bits per heavy atom. The third-order valence-corrected chi connectivity index (χ3v) is 2.76. The number of anilines is 1. The van der Waals surface area contributed by atoms with Gasteiger partial charge in [0.05, 0.1) is 12.7 Å². The topological polar surface area (TPSA) is 42.4 Å². The summed E-state index contributed by atoms with van der Waals surface area (Å²) in [5.74, 6) is -0.655. The van der Waals surface area contributed by atoms with Crippen LogP contribution < -0.4 is 9.64 Å². The van der Waals surface area contributed by atoms with Crippen LogP contribution in [0.1, 0.15) is 10.4 Å². The van der Waals surface area contributed by atoms with Crippen LogP contribution in [-0.2, 0) is 0 Å². The number of ether oxygens (including phenoxy) is 1. The van der Waals surface area contributed by atoms with Crippen molar-refractivity contribution in [2.45, 2.75) is 0 Å². The van der Waals surface area contributed by atoms with Crippen LogP contribution in [-0.4, -0.2) is 25.0 Å². The van der Waals surface area contributed by atoms with Gasteiger partial charge < -0.3 is 9.64 Å². The second-order valence-electron chi connectivity index (χ2n) is 3.92. The third-order valence-electron chi connectivity index (χ3n) is 2.76. The lowest BCUT2D eigenvalue weighted by Gasteiger charge is -2.17. The number of nitrogens with zero attached hydrogens (tertiary/aromatic N) is 2. The van der Waals surface area contributed by atoms with E-state index in [1.807, 2.05) is 0 Å². The van der Waals surface area contributed by atoms with Crippen LogP contribution in [0.25, 0.3) is 0 Å². The molecule has 0 N–H and O–H groups in total. The van der Waals surface area contributed by atoms with E-state index >= 15 is 0 Å². The molecule has 1 heterocycles. The Morgan fingerprint density at radius 3 is 2.53 bits per heavy atom. The monoisotopic (exact) mass is 260 g/mol. The van der Waals surface area contributed by atoms with E-state index in [-0.39, 0.29) is 5.56 Å². The molecular weight excluding hydrogens is 247 g/mol. The minimum atomic E-state index is -0.606. The number of pyridine rings is 1. The maximum Gasteiger partial charge on any atom is 0.260 e. The van der Waals surface area contributed by atoms with Gasteiger partial charge in [0.1, 0.15) is 11.6 Å². The molecule has 0 aliphatic rings. The van der Waals surface area contributed by atoms with Gasteiger partial charge in [-0.2, -0.15) is 0 Å². The number of methoxy groups -OCH3 is 1. The highest BCUT2D eigenvalue weighted by Crippen LogP contribution is 2.20. The molecule has 1 aromatic carbocycles. The molecule has 0 fully saturated rings. The first-order chi connectivity index (χ1) is 9.13. The van der Waals surface area contributed by atoms with Crippen molar-refractivity contribution in [2.24, 2.45) is 0 Å². The van der Waals surface area contributed by atoms with Crippen LogP contribution in [0.4, 0.5) is 10.1 Å². The molecule has 2 rings (SSSR count). The molecule has 5 heteroatoms. The quantitative estimate of drug-likeness (QED) is 0.851. The average Bonchev–Trinajstić information content (AvgIpc) is 2.46. The zero-order chi connectivity index (χ0) is 13.8. The minimum absolute atomic E-state index is 0.000104. The normalized spacial score (nSPS) is 10.1. The number of carbonyl (C=O) groups excluding carboxylic acids is 1. The fraction of sp³-hybridized carbons (Fsp3) is 0.143. The summed E-state index contributed by atoms with van der Waals surface area (Å²) in [4.78, 5) is 17.4. The molecule has 0 unspecified atom stereocenters. The van der Waals surface area contributed by atoms with Gasteiger partial charge in [0.25, 0.3) is 5.91 Å². The van der Waals surface area contributed by atoms with Gasteiger partial charge in [-0.05, 0) is 24.3 Å². The van der Waals surface area contributed by atoms with Crippen LogP contribution in [0.2, 0.25) is 0 Å². The number of benzene rings is 1. The van der Waals surface area contributed by atoms with Crippen molar-refractivity contribution in [3.8, 4) is 5.75 Å². The van der Waals surface area contributed by atoms with E-state index in [2.05, 4.69) is 4.98 Å². The first-order valence-corrected chi connectivity index (χ1v) is 5.65. The third kappa shape index (κ3) is 2.70. The van der Waals surface area contributed by atoms with Crippen LogP contribution >= 0.6 is 0 Å². The van der Waals surface area contributed by atoms with Gasteiger partial charge in [-0.15, -0.1) is 0 Å². The van der Waals surface area contributed by atoms with Gasteiger partial charge >= 0.3 is 0 Å². The molecule has 0 aliphatic carbocycles. The Balaban J connectivity index is 2.29. The first-order valence-electron chi connectivity index (χ1n) is 5.65. The van der Waals surface area contributed by atoms with E-state index in [1.54, 1.807) is 37.6 Å². The Bertz CT molecular complexity index is 587. The van der Waals surface area contributed by atoms with Crippen molar-refractivity contribution in [2.75, 3.05) is 19.1 Å². The van der Waals surface area contributed by atoms with E-state index in [0.717, 1.165) is 0 Å². The van der Waals surface area contributed by atoms with E-state index in [4.69, 9.17) is 4.74 Å². The Morgan fingerprint density at radius 2 is 1.95 bits per heavy atom. The molecule has 1 amide bonds. The predicted octanol–water partition coefficient (Wildman–Crippen LogP) is 2.51. The largest absolute Gasteiger partial charge is 0.497 e. The number of rotatable bonds is 3. The molecule has 0 bridgehead atoms. The lowest BCUT2D eigenvalue weighted by Crippen LogP contribution is -2.27. The number of aromatic nitrogens is 1. The van der Waals surface area contributed by atoms with Crippen LogP contribution in [0.15, 0.2) is 42.7 Å². The average molecular weight is 260 g/mol. The Kier molecular flexibility index (Phi) is 3.75. The van der Waals surface area contributed by atoms with E-state index in [0.29, 0.717) is 11.4 Å². The number of halogens is 1. The summed E-state index contributed by atoms with van der Waals surface area (Å²) in [6, 6.07) is 7.51. The fourth-order valence-corrected chi connectivity index (χ4v) is 1.66. The van der Waals surface area contributed by atoms with Crippen LogP contribution in [0, 0.1) is 5.82 Å². The van der Waals surface area contributed by atoms with Crippen LogP contribution in [0.5, 0.6) is 5.75 Å². The lowest BCUT2D eigenvalue weighted by molar-refractivity contribution is 0.0989. The van der Waals surface area contributed by atoms with Crippen molar-refractivity contribution in [1.29, 1.82) is 0 Å². The molecular formula is C14H13FN2O2. The standard InChI is InChI=1S/C14H13FN2O2/c1-17(10-5-7-16-8-6-10)14(18)12-4-3-11(19-2)9-13(12)15/h3-9H,1-2H3. The number of hydrogen-bond acceptors (Lipinski definition) is 3. The van der Waals surface area contributed by atoms with E-state index in [1.165, 1.54) is 24.1 Å². The van der Waals surface area contributed by atoms with Gasteiger partial charge in [0.2, 0.25) is 0 Å². The summed E-state index contributed by atoms with van der Waals surface area (Å²) in [6.07, 6.45) is 3.15. The molecule has 4 nitrogen and oxygen atoms in total. The highest BCUT2D eigenvalue weighted by atomic mass is 19.1. The summed E-state index contributed by atoms with van der Waals surface area (Å²) in [7, 11) is 3.03. The number of hydrogen-bond donors (Lipinski definition) is 0. The second kappa shape index (κ2) is 5.48. The van der Waals surface area contributed by atoms with Crippen molar-refractivity contribution < 1.29 is 13.9 Å². The van der Waals surface area contributed by atoms with Gasteiger partial charge in [-0.1, -0.05) is 0 Å². The van der Waals surface area contributed by atoms with Crippen molar-refractivity contribution in [3.05, 3.63) is 54.1 Å². The van der Waals surface area contributed by atoms with Gasteiger partial charge in [0, 0.05) is 31.2 Å². The minimum Gasteiger partial charge on any atom is -0.497 e. The highest BCUT2D eigenvalue weighted by molar-refractivity contribution is 6.05. The maximum atomic E-state index is 13.8. The van der Waals surface area contributed by atoms with Crippen LogP contribution in [0.3, 0.4) is 0 Å². The zero-order valence-electron chi connectivity index (χ0n) is 10.6. The molecule has 98 valence electrons. The number of amides is 1. The van der Waals surface area contributed by atoms with Crippen molar-refractivity contribution in [3.63, 3.8) is 0 Å². The van der Waals surface area contributed by atoms with Gasteiger partial charge in [-0.25, -0.2) is 4.39 Å². The molecule has 0 spiro atoms. The molecule has 0 saturated carbocycles. The second-order valence-corrected chi connectivity index (χ2v) is 3.92. The summed E-state index contributed by atoms with van der Waals surface area (Å²) >= 11 is 0.